The third kappa shape index (κ3) is 2.29. The zero-order chi connectivity index (χ0) is 12.7. The van der Waals surface area contributed by atoms with Gasteiger partial charge in [0.05, 0.1) is 16.1 Å². The summed E-state index contributed by atoms with van der Waals surface area (Å²) in [5.41, 5.74) is 2.95. The maximum absolute atomic E-state index is 6.13. The third-order valence-corrected chi connectivity index (χ3v) is 4.70. The Morgan fingerprint density at radius 2 is 2.00 bits per heavy atom. The van der Waals surface area contributed by atoms with E-state index >= 15 is 0 Å². The molecule has 0 spiro atoms. The van der Waals surface area contributed by atoms with Crippen molar-refractivity contribution in [1.82, 2.24) is 9.97 Å². The van der Waals surface area contributed by atoms with Crippen LogP contribution >= 0.6 is 50.1 Å². The molecule has 0 amide bonds. The Morgan fingerprint density at radius 3 is 2.78 bits per heavy atom. The van der Waals surface area contributed by atoms with E-state index in [4.69, 9.17) is 11.6 Å². The van der Waals surface area contributed by atoms with Crippen LogP contribution < -0.4 is 0 Å². The van der Waals surface area contributed by atoms with Crippen LogP contribution in [0.4, 0.5) is 0 Å². The number of halogens is 3. The molecule has 0 atom stereocenters. The Kier molecular flexibility index (Phi) is 3.34. The summed E-state index contributed by atoms with van der Waals surface area (Å²) >= 11 is 11.8. The molecular weight excluding hydrogens is 426 g/mol. The van der Waals surface area contributed by atoms with Crippen LogP contribution in [0.15, 0.2) is 40.9 Å². The Morgan fingerprint density at radius 1 is 1.17 bits per heavy atom. The van der Waals surface area contributed by atoms with Gasteiger partial charge in [-0.1, -0.05) is 33.6 Å². The first-order valence-electron chi connectivity index (χ1n) is 5.24. The second kappa shape index (κ2) is 4.83. The van der Waals surface area contributed by atoms with Crippen LogP contribution in [0.25, 0.3) is 22.4 Å². The van der Waals surface area contributed by atoms with Crippen LogP contribution in [0, 0.1) is 3.57 Å². The highest BCUT2D eigenvalue weighted by Gasteiger charge is 2.07. The van der Waals surface area contributed by atoms with Gasteiger partial charge in [0.15, 0.2) is 0 Å². The summed E-state index contributed by atoms with van der Waals surface area (Å²) in [5, 5.41) is 0.745. The van der Waals surface area contributed by atoms with Crippen molar-refractivity contribution < 1.29 is 0 Å². The number of H-pyrrole nitrogens is 1. The molecule has 2 nitrogen and oxygen atoms in total. The summed E-state index contributed by atoms with van der Waals surface area (Å²) in [6, 6.07) is 11.9. The molecule has 5 heteroatoms. The smallest absolute Gasteiger partial charge is 0.138 e. The molecule has 0 fully saturated rings. The van der Waals surface area contributed by atoms with Crippen molar-refractivity contribution in [3.63, 3.8) is 0 Å². The van der Waals surface area contributed by atoms with Crippen molar-refractivity contribution in [2.45, 2.75) is 0 Å². The molecule has 0 unspecified atom stereocenters. The number of nitrogens with one attached hydrogen (secondary N) is 1. The van der Waals surface area contributed by atoms with Crippen molar-refractivity contribution in [3.8, 4) is 11.4 Å². The summed E-state index contributed by atoms with van der Waals surface area (Å²) in [6.07, 6.45) is 0. The number of nitrogens with zero attached hydrogens (tertiary/aromatic N) is 1. The average molecular weight is 433 g/mol. The fourth-order valence-electron chi connectivity index (χ4n) is 1.76. The normalized spacial score (nSPS) is 11.1. The van der Waals surface area contributed by atoms with E-state index in [0.29, 0.717) is 0 Å². The quantitative estimate of drug-likeness (QED) is 0.522. The number of hydrogen-bond acceptors (Lipinski definition) is 1. The number of benzene rings is 2. The van der Waals surface area contributed by atoms with Gasteiger partial charge in [-0.2, -0.15) is 0 Å². The molecule has 0 aliphatic heterocycles. The van der Waals surface area contributed by atoms with Gasteiger partial charge in [-0.3, -0.25) is 0 Å². The predicted molar refractivity (Wildman–Crippen MR) is 87.0 cm³/mol. The summed E-state index contributed by atoms with van der Waals surface area (Å²) in [7, 11) is 0. The van der Waals surface area contributed by atoms with E-state index < -0.39 is 0 Å². The highest BCUT2D eigenvalue weighted by Crippen LogP contribution is 2.27. The first-order chi connectivity index (χ1) is 8.63. The first-order valence-corrected chi connectivity index (χ1v) is 7.49. The van der Waals surface area contributed by atoms with Crippen LogP contribution in [-0.2, 0) is 0 Å². The van der Waals surface area contributed by atoms with Crippen LogP contribution in [0.1, 0.15) is 0 Å². The van der Waals surface area contributed by atoms with Gasteiger partial charge >= 0.3 is 0 Å². The number of rotatable bonds is 1. The van der Waals surface area contributed by atoms with Gasteiger partial charge in [-0.15, -0.1) is 0 Å². The largest absolute Gasteiger partial charge is 0.338 e. The molecule has 1 N–H and O–H groups in total. The summed E-state index contributed by atoms with van der Waals surface area (Å²) in [5.74, 6) is 0.835. The van der Waals surface area contributed by atoms with E-state index in [1.807, 2.05) is 36.4 Å². The number of aromatic amines is 1. The van der Waals surface area contributed by atoms with Crippen molar-refractivity contribution in [2.75, 3.05) is 0 Å². The number of imidazole rings is 1. The zero-order valence-corrected chi connectivity index (χ0v) is 13.5. The minimum atomic E-state index is 0.745. The Labute approximate surface area is 131 Å². The van der Waals surface area contributed by atoms with Gasteiger partial charge in [-0.05, 0) is 52.9 Å². The van der Waals surface area contributed by atoms with Crippen LogP contribution in [-0.4, -0.2) is 9.97 Å². The molecule has 0 saturated carbocycles. The van der Waals surface area contributed by atoms with Crippen LogP contribution in [0.2, 0.25) is 5.02 Å². The molecule has 90 valence electrons. The number of aromatic nitrogens is 2. The molecule has 1 heterocycles. The monoisotopic (exact) mass is 432 g/mol. The van der Waals surface area contributed by atoms with Gasteiger partial charge < -0.3 is 4.98 Å². The fraction of sp³-hybridized carbons (Fsp3) is 0. The van der Waals surface area contributed by atoms with E-state index in [2.05, 4.69) is 48.5 Å². The van der Waals surface area contributed by atoms with Crippen LogP contribution in [0.5, 0.6) is 0 Å². The lowest BCUT2D eigenvalue weighted by Gasteiger charge is -1.99. The molecule has 0 bridgehead atoms. The average Bonchev–Trinajstić information content (AvgIpc) is 2.75. The Balaban J connectivity index is 2.16. The fourth-order valence-corrected chi connectivity index (χ4v) is 2.64. The third-order valence-electron chi connectivity index (χ3n) is 2.64. The standard InChI is InChI=1S/C13H7BrClIN2/c14-8-2-4-11-12(6-8)18-13(17-11)7-1-3-10(16)9(15)5-7/h1-6H,(H,17,18). The van der Waals surface area contributed by atoms with E-state index in [9.17, 15) is 0 Å². The molecule has 2 aromatic carbocycles. The van der Waals surface area contributed by atoms with Crippen molar-refractivity contribution in [1.29, 1.82) is 0 Å². The molecule has 0 aliphatic rings. The predicted octanol–water partition coefficient (Wildman–Crippen LogP) is 5.25. The highest BCUT2D eigenvalue weighted by atomic mass is 127. The second-order valence-corrected chi connectivity index (χ2v) is 6.36. The lowest BCUT2D eigenvalue weighted by Crippen LogP contribution is -1.82. The lowest BCUT2D eigenvalue weighted by atomic mass is 10.2. The van der Waals surface area contributed by atoms with Gasteiger partial charge in [0, 0.05) is 13.6 Å². The Hall–Kier alpha value is -0.590. The van der Waals surface area contributed by atoms with Crippen molar-refractivity contribution >= 4 is 61.2 Å². The molecule has 0 radical (unpaired) electrons. The molecule has 0 aliphatic carbocycles. The van der Waals surface area contributed by atoms with Crippen molar-refractivity contribution in [2.24, 2.45) is 0 Å². The van der Waals surface area contributed by atoms with E-state index in [-0.39, 0.29) is 0 Å². The molecule has 0 saturated heterocycles. The van der Waals surface area contributed by atoms with E-state index in [1.165, 1.54) is 0 Å². The maximum Gasteiger partial charge on any atom is 0.138 e. The van der Waals surface area contributed by atoms with E-state index in [1.54, 1.807) is 0 Å². The zero-order valence-electron chi connectivity index (χ0n) is 9.05. The molecular formula is C13H7BrClIN2. The minimum Gasteiger partial charge on any atom is -0.338 e. The highest BCUT2D eigenvalue weighted by molar-refractivity contribution is 14.1. The van der Waals surface area contributed by atoms with Crippen molar-refractivity contribution in [3.05, 3.63) is 49.5 Å². The Bertz CT molecular complexity index is 739. The molecule has 1 aromatic heterocycles. The topological polar surface area (TPSA) is 28.7 Å². The van der Waals surface area contributed by atoms with Gasteiger partial charge in [0.1, 0.15) is 5.82 Å². The summed E-state index contributed by atoms with van der Waals surface area (Å²) in [4.78, 5) is 7.85. The van der Waals surface area contributed by atoms with Crippen LogP contribution in [0.3, 0.4) is 0 Å². The number of hydrogen-bond donors (Lipinski definition) is 1. The first kappa shape index (κ1) is 12.4. The SMILES string of the molecule is Clc1cc(-c2nc3ccc(Br)cc3[nH]2)ccc1I. The lowest BCUT2D eigenvalue weighted by molar-refractivity contribution is 1.33. The summed E-state index contributed by atoms with van der Waals surface area (Å²) < 4.78 is 2.07. The van der Waals surface area contributed by atoms with Gasteiger partial charge in [-0.25, -0.2) is 4.98 Å². The van der Waals surface area contributed by atoms with Gasteiger partial charge in [0.25, 0.3) is 0 Å². The van der Waals surface area contributed by atoms with Gasteiger partial charge in [0.2, 0.25) is 0 Å². The minimum absolute atomic E-state index is 0.745. The van der Waals surface area contributed by atoms with E-state index in [0.717, 1.165) is 35.5 Å². The maximum atomic E-state index is 6.13. The number of fused-ring (bicyclic) bond motifs is 1. The second-order valence-electron chi connectivity index (χ2n) is 3.88. The molecule has 3 rings (SSSR count). The molecule has 3 aromatic rings. The summed E-state index contributed by atoms with van der Waals surface area (Å²) in [6.45, 7) is 0. The molecule has 18 heavy (non-hydrogen) atoms.